The van der Waals surface area contributed by atoms with Gasteiger partial charge in [-0.1, -0.05) is 6.42 Å². The molecule has 1 aromatic rings. The Kier molecular flexibility index (Phi) is 2.85. The Morgan fingerprint density at radius 3 is 3.00 bits per heavy atom. The lowest BCUT2D eigenvalue weighted by Gasteiger charge is -2.25. The number of nitrogens with zero attached hydrogens (tertiary/aromatic N) is 1. The van der Waals surface area contributed by atoms with Gasteiger partial charge in [-0.05, 0) is 30.9 Å². The summed E-state index contributed by atoms with van der Waals surface area (Å²) in [5.74, 6) is 0.836. The van der Waals surface area contributed by atoms with Crippen LogP contribution in [0.1, 0.15) is 29.6 Å². The fourth-order valence-electron chi connectivity index (χ4n) is 1.64. The number of aromatic nitrogens is 1. The van der Waals surface area contributed by atoms with Crippen LogP contribution in [0.2, 0.25) is 0 Å². The number of nitrogen functional groups attached to an aromatic ring is 1. The first-order chi connectivity index (χ1) is 7.27. The molecule has 0 spiro atoms. The quantitative estimate of drug-likeness (QED) is 0.779. The summed E-state index contributed by atoms with van der Waals surface area (Å²) in [4.78, 5) is 15.6. The molecule has 0 aliphatic heterocycles. The third-order valence-electron chi connectivity index (χ3n) is 2.86. The maximum atomic E-state index is 11.7. The molecule has 1 aromatic heterocycles. The zero-order valence-corrected chi connectivity index (χ0v) is 8.57. The molecule has 4 nitrogen and oxygen atoms in total. The van der Waals surface area contributed by atoms with Crippen molar-refractivity contribution in [1.82, 2.24) is 10.3 Å². The van der Waals surface area contributed by atoms with E-state index in [0.717, 1.165) is 6.54 Å². The molecule has 0 saturated heterocycles. The Bertz CT molecular complexity index is 361. The van der Waals surface area contributed by atoms with E-state index in [2.05, 4.69) is 10.3 Å². The Labute approximate surface area is 88.9 Å². The average Bonchev–Trinajstić information content (AvgIpc) is 2.16. The number of nitrogens with two attached hydrogens (primary N) is 1. The maximum absolute atomic E-state index is 11.7. The van der Waals surface area contributed by atoms with E-state index in [-0.39, 0.29) is 5.91 Å². The second-order valence-corrected chi connectivity index (χ2v) is 3.94. The molecule has 0 unspecified atom stereocenters. The van der Waals surface area contributed by atoms with E-state index in [1.165, 1.54) is 19.3 Å². The second kappa shape index (κ2) is 4.29. The topological polar surface area (TPSA) is 68.0 Å². The summed E-state index contributed by atoms with van der Waals surface area (Å²) < 4.78 is 0. The molecule has 1 heterocycles. The van der Waals surface area contributed by atoms with Crippen LogP contribution in [-0.2, 0) is 0 Å². The minimum atomic E-state index is -0.118. The number of carbonyl (C=O) groups excluding carboxylic acids is 1. The predicted octanol–water partition coefficient (Wildman–Crippen LogP) is 1.19. The van der Waals surface area contributed by atoms with Crippen molar-refractivity contribution in [1.29, 1.82) is 0 Å². The third-order valence-corrected chi connectivity index (χ3v) is 2.86. The molecule has 15 heavy (non-hydrogen) atoms. The van der Waals surface area contributed by atoms with Gasteiger partial charge in [0.05, 0.1) is 5.56 Å². The molecule has 3 N–H and O–H groups in total. The van der Waals surface area contributed by atoms with Crippen LogP contribution in [0.25, 0.3) is 0 Å². The predicted molar refractivity (Wildman–Crippen MR) is 58.3 cm³/mol. The fraction of sp³-hybridized carbons (Fsp3) is 0.455. The van der Waals surface area contributed by atoms with E-state index in [1.807, 2.05) is 0 Å². The van der Waals surface area contributed by atoms with Crippen LogP contribution in [0.5, 0.6) is 0 Å². The molecule has 0 aromatic carbocycles. The number of hydrogen-bond donors (Lipinski definition) is 2. The lowest BCUT2D eigenvalue weighted by Crippen LogP contribution is -2.32. The van der Waals surface area contributed by atoms with E-state index in [4.69, 9.17) is 5.73 Å². The summed E-state index contributed by atoms with van der Waals surface area (Å²) in [5, 5.41) is 2.88. The van der Waals surface area contributed by atoms with E-state index < -0.39 is 0 Å². The highest BCUT2D eigenvalue weighted by Gasteiger charge is 2.18. The fourth-order valence-corrected chi connectivity index (χ4v) is 1.64. The highest BCUT2D eigenvalue weighted by molar-refractivity contribution is 5.98. The molecule has 1 amide bonds. The zero-order chi connectivity index (χ0) is 10.7. The van der Waals surface area contributed by atoms with Crippen LogP contribution in [0.3, 0.4) is 0 Å². The van der Waals surface area contributed by atoms with Crippen molar-refractivity contribution in [2.24, 2.45) is 5.92 Å². The number of amides is 1. The molecule has 1 saturated carbocycles. The van der Waals surface area contributed by atoms with Gasteiger partial charge < -0.3 is 11.1 Å². The van der Waals surface area contributed by atoms with Gasteiger partial charge in [-0.15, -0.1) is 0 Å². The molecular formula is C11H15N3O. The third kappa shape index (κ3) is 2.26. The molecule has 1 aliphatic rings. The second-order valence-electron chi connectivity index (χ2n) is 3.94. The number of carbonyl (C=O) groups is 1. The molecule has 1 fully saturated rings. The largest absolute Gasteiger partial charge is 0.383 e. The number of nitrogens with one attached hydrogen (secondary N) is 1. The Balaban J connectivity index is 1.92. The molecule has 0 atom stereocenters. The van der Waals surface area contributed by atoms with Crippen LogP contribution in [0.15, 0.2) is 18.3 Å². The zero-order valence-electron chi connectivity index (χ0n) is 8.57. The molecule has 80 valence electrons. The number of rotatable bonds is 3. The van der Waals surface area contributed by atoms with Crippen LogP contribution in [0, 0.1) is 5.92 Å². The van der Waals surface area contributed by atoms with Gasteiger partial charge in [-0.25, -0.2) is 4.98 Å². The van der Waals surface area contributed by atoms with Crippen LogP contribution in [0.4, 0.5) is 5.82 Å². The summed E-state index contributed by atoms with van der Waals surface area (Å²) in [6.07, 6.45) is 5.32. The lowest BCUT2D eigenvalue weighted by molar-refractivity contribution is 0.0939. The minimum Gasteiger partial charge on any atom is -0.383 e. The average molecular weight is 205 g/mol. The standard InChI is InChI=1S/C11H15N3O/c12-10-9(5-2-6-13-10)11(15)14-7-8-3-1-4-8/h2,5-6,8H,1,3-4,7H2,(H2,12,13)(H,14,15). The van der Waals surface area contributed by atoms with E-state index in [0.29, 0.717) is 17.3 Å². The van der Waals surface area contributed by atoms with Gasteiger partial charge in [-0.3, -0.25) is 4.79 Å². The van der Waals surface area contributed by atoms with Gasteiger partial charge in [0.2, 0.25) is 0 Å². The molecular weight excluding hydrogens is 190 g/mol. The van der Waals surface area contributed by atoms with Crippen molar-refractivity contribution < 1.29 is 4.79 Å². The van der Waals surface area contributed by atoms with E-state index >= 15 is 0 Å². The van der Waals surface area contributed by atoms with Gasteiger partial charge in [-0.2, -0.15) is 0 Å². The van der Waals surface area contributed by atoms with Crippen molar-refractivity contribution in [3.05, 3.63) is 23.9 Å². The highest BCUT2D eigenvalue weighted by atomic mass is 16.1. The summed E-state index contributed by atoms with van der Waals surface area (Å²) in [6.45, 7) is 0.757. The minimum absolute atomic E-state index is 0.118. The number of pyridine rings is 1. The van der Waals surface area contributed by atoms with Gasteiger partial charge in [0.1, 0.15) is 5.82 Å². The van der Waals surface area contributed by atoms with Gasteiger partial charge in [0.25, 0.3) is 5.91 Å². The molecule has 0 bridgehead atoms. The smallest absolute Gasteiger partial charge is 0.255 e. The van der Waals surface area contributed by atoms with Crippen LogP contribution < -0.4 is 11.1 Å². The summed E-state index contributed by atoms with van der Waals surface area (Å²) in [7, 11) is 0. The number of anilines is 1. The molecule has 2 rings (SSSR count). The lowest BCUT2D eigenvalue weighted by atomic mass is 9.85. The summed E-state index contributed by atoms with van der Waals surface area (Å²) in [6, 6.07) is 3.41. The summed E-state index contributed by atoms with van der Waals surface area (Å²) in [5.41, 5.74) is 6.07. The van der Waals surface area contributed by atoms with Crippen molar-refractivity contribution >= 4 is 11.7 Å². The number of hydrogen-bond acceptors (Lipinski definition) is 3. The Morgan fingerprint density at radius 2 is 2.40 bits per heavy atom. The Morgan fingerprint density at radius 1 is 1.60 bits per heavy atom. The van der Waals surface area contributed by atoms with Crippen molar-refractivity contribution in [2.75, 3.05) is 12.3 Å². The van der Waals surface area contributed by atoms with Gasteiger partial charge >= 0.3 is 0 Å². The first kappa shape index (κ1) is 9.96. The van der Waals surface area contributed by atoms with Crippen molar-refractivity contribution in [3.8, 4) is 0 Å². The first-order valence-electron chi connectivity index (χ1n) is 5.26. The SMILES string of the molecule is Nc1ncccc1C(=O)NCC1CCC1. The monoisotopic (exact) mass is 205 g/mol. The van der Waals surface area contributed by atoms with E-state index in [1.54, 1.807) is 18.3 Å². The Hall–Kier alpha value is -1.58. The molecule has 1 aliphatic carbocycles. The maximum Gasteiger partial charge on any atom is 0.255 e. The van der Waals surface area contributed by atoms with Crippen molar-refractivity contribution in [3.63, 3.8) is 0 Å². The normalized spacial score (nSPS) is 15.7. The van der Waals surface area contributed by atoms with Crippen LogP contribution in [-0.4, -0.2) is 17.4 Å². The first-order valence-corrected chi connectivity index (χ1v) is 5.26. The van der Waals surface area contributed by atoms with Gasteiger partial charge in [0, 0.05) is 12.7 Å². The summed E-state index contributed by atoms with van der Waals surface area (Å²) >= 11 is 0. The highest BCUT2D eigenvalue weighted by Crippen LogP contribution is 2.25. The molecule has 4 heteroatoms. The van der Waals surface area contributed by atoms with E-state index in [9.17, 15) is 4.79 Å². The molecule has 0 radical (unpaired) electrons. The van der Waals surface area contributed by atoms with Gasteiger partial charge in [0.15, 0.2) is 0 Å². The van der Waals surface area contributed by atoms with Crippen molar-refractivity contribution in [2.45, 2.75) is 19.3 Å². The van der Waals surface area contributed by atoms with Crippen LogP contribution >= 0.6 is 0 Å².